The third-order valence-electron chi connectivity index (χ3n) is 3.04. The van der Waals surface area contributed by atoms with Gasteiger partial charge in [0, 0.05) is 0 Å². The first-order chi connectivity index (χ1) is 10.3. The molecule has 0 unspecified atom stereocenters. The summed E-state index contributed by atoms with van der Waals surface area (Å²) in [4.78, 5) is 4.46. The topological polar surface area (TPSA) is 61.1 Å². The van der Waals surface area contributed by atoms with E-state index in [0.717, 1.165) is 26.6 Å². The molecule has 0 fully saturated rings. The molecular formula is C16H12N4S. The molecule has 3 rings (SSSR count). The first-order valence-electron chi connectivity index (χ1n) is 6.42. The molecule has 0 aliphatic rings. The van der Waals surface area contributed by atoms with Gasteiger partial charge in [-0.15, -0.1) is 0 Å². The van der Waals surface area contributed by atoms with Gasteiger partial charge in [-0.3, -0.25) is 5.43 Å². The quantitative estimate of drug-likeness (QED) is 0.586. The minimum atomic E-state index is 0.644. The number of nitrogens with zero attached hydrogens (tertiary/aromatic N) is 3. The van der Waals surface area contributed by atoms with Gasteiger partial charge in [-0.05, 0) is 36.8 Å². The van der Waals surface area contributed by atoms with E-state index >= 15 is 0 Å². The Bertz CT molecular complexity index is 808. The van der Waals surface area contributed by atoms with E-state index in [9.17, 15) is 0 Å². The second kappa shape index (κ2) is 5.73. The average molecular weight is 292 g/mol. The van der Waals surface area contributed by atoms with Gasteiger partial charge >= 0.3 is 0 Å². The lowest BCUT2D eigenvalue weighted by molar-refractivity contribution is 1.29. The molecule has 0 atom stereocenters. The highest BCUT2D eigenvalue weighted by molar-refractivity contribution is 7.22. The van der Waals surface area contributed by atoms with Gasteiger partial charge < -0.3 is 0 Å². The maximum Gasteiger partial charge on any atom is 0.204 e. The van der Waals surface area contributed by atoms with Crippen molar-refractivity contribution in [2.75, 3.05) is 5.43 Å². The molecule has 0 spiro atoms. The van der Waals surface area contributed by atoms with Crippen molar-refractivity contribution in [3.05, 3.63) is 59.7 Å². The van der Waals surface area contributed by atoms with Crippen molar-refractivity contribution in [2.45, 2.75) is 6.92 Å². The van der Waals surface area contributed by atoms with Crippen molar-refractivity contribution in [3.8, 4) is 6.07 Å². The molecule has 21 heavy (non-hydrogen) atoms. The van der Waals surface area contributed by atoms with Crippen LogP contribution in [0.2, 0.25) is 0 Å². The number of nitriles is 1. The second-order valence-corrected chi connectivity index (χ2v) is 5.52. The molecular weight excluding hydrogens is 280 g/mol. The monoisotopic (exact) mass is 292 g/mol. The normalized spacial score (nSPS) is 11.3. The minimum Gasteiger partial charge on any atom is -0.252 e. The number of hydrazone groups is 1. The Labute approximate surface area is 126 Å². The number of thiazole rings is 1. The number of fused-ring (bicyclic) bond motifs is 1. The van der Waals surface area contributed by atoms with Crippen LogP contribution in [-0.2, 0) is 0 Å². The molecule has 0 saturated heterocycles. The summed E-state index contributed by atoms with van der Waals surface area (Å²) < 4.78 is 1.13. The summed E-state index contributed by atoms with van der Waals surface area (Å²) in [6.45, 7) is 1.92. The van der Waals surface area contributed by atoms with Crippen molar-refractivity contribution in [2.24, 2.45) is 5.10 Å². The van der Waals surface area contributed by atoms with Gasteiger partial charge in [0.05, 0.1) is 27.6 Å². The van der Waals surface area contributed by atoms with Gasteiger partial charge in [0.1, 0.15) is 0 Å². The SMILES string of the molecule is C/C(=N\Nc1nc2ccccc2s1)c1ccc(C#N)cc1. The summed E-state index contributed by atoms with van der Waals surface area (Å²) in [5.41, 5.74) is 6.42. The lowest BCUT2D eigenvalue weighted by Gasteiger charge is -2.01. The number of para-hydroxylation sites is 1. The van der Waals surface area contributed by atoms with Crippen LogP contribution in [0.15, 0.2) is 53.6 Å². The Morgan fingerprint density at radius 2 is 1.95 bits per heavy atom. The van der Waals surface area contributed by atoms with Gasteiger partial charge in [0.25, 0.3) is 0 Å². The highest BCUT2D eigenvalue weighted by Gasteiger charge is 2.02. The molecule has 0 aliphatic heterocycles. The summed E-state index contributed by atoms with van der Waals surface area (Å²) in [6.07, 6.45) is 0. The van der Waals surface area contributed by atoms with Crippen molar-refractivity contribution >= 4 is 32.4 Å². The number of hydrogen-bond acceptors (Lipinski definition) is 5. The summed E-state index contributed by atoms with van der Waals surface area (Å²) in [6, 6.07) is 17.4. The highest BCUT2D eigenvalue weighted by Crippen LogP contribution is 2.25. The van der Waals surface area contributed by atoms with Crippen LogP contribution in [0.25, 0.3) is 10.2 Å². The number of hydrogen-bond donors (Lipinski definition) is 1. The predicted octanol–water partition coefficient (Wildman–Crippen LogP) is 4.00. The zero-order valence-electron chi connectivity index (χ0n) is 11.4. The number of anilines is 1. The molecule has 2 aromatic carbocycles. The predicted molar refractivity (Wildman–Crippen MR) is 86.6 cm³/mol. The van der Waals surface area contributed by atoms with Crippen LogP contribution >= 0.6 is 11.3 Å². The van der Waals surface area contributed by atoms with Crippen molar-refractivity contribution in [1.82, 2.24) is 4.98 Å². The molecule has 0 radical (unpaired) electrons. The maximum atomic E-state index is 8.79. The van der Waals surface area contributed by atoms with Crippen molar-refractivity contribution < 1.29 is 0 Å². The molecule has 1 N–H and O–H groups in total. The highest BCUT2D eigenvalue weighted by atomic mass is 32.1. The Kier molecular flexibility index (Phi) is 3.63. The van der Waals surface area contributed by atoms with Crippen LogP contribution in [0.3, 0.4) is 0 Å². The first-order valence-corrected chi connectivity index (χ1v) is 7.24. The largest absolute Gasteiger partial charge is 0.252 e. The van der Waals surface area contributed by atoms with E-state index in [4.69, 9.17) is 5.26 Å². The van der Waals surface area contributed by atoms with E-state index in [-0.39, 0.29) is 0 Å². The number of nitrogens with one attached hydrogen (secondary N) is 1. The molecule has 0 bridgehead atoms. The standard InChI is InChI=1S/C16H12N4S/c1-11(13-8-6-12(10-17)7-9-13)19-20-16-18-14-4-2-3-5-15(14)21-16/h2-9H,1H3,(H,18,20)/b19-11+. The fourth-order valence-corrected chi connectivity index (χ4v) is 2.71. The first kappa shape index (κ1) is 13.3. The molecule has 1 heterocycles. The van der Waals surface area contributed by atoms with E-state index in [2.05, 4.69) is 21.6 Å². The van der Waals surface area contributed by atoms with E-state index in [0.29, 0.717) is 5.56 Å². The van der Waals surface area contributed by atoms with E-state index in [1.807, 2.05) is 43.3 Å². The zero-order chi connectivity index (χ0) is 14.7. The molecule has 0 amide bonds. The van der Waals surface area contributed by atoms with Crippen LogP contribution in [0, 0.1) is 11.3 Å². The van der Waals surface area contributed by atoms with Crippen molar-refractivity contribution in [3.63, 3.8) is 0 Å². The van der Waals surface area contributed by atoms with Crippen LogP contribution in [0.5, 0.6) is 0 Å². The van der Waals surface area contributed by atoms with Crippen LogP contribution in [0.4, 0.5) is 5.13 Å². The summed E-state index contributed by atoms with van der Waals surface area (Å²) in [7, 11) is 0. The minimum absolute atomic E-state index is 0.644. The van der Waals surface area contributed by atoms with Crippen LogP contribution < -0.4 is 5.43 Å². The third-order valence-corrected chi connectivity index (χ3v) is 3.99. The molecule has 1 aromatic heterocycles. The van der Waals surface area contributed by atoms with Gasteiger partial charge in [0.15, 0.2) is 0 Å². The van der Waals surface area contributed by atoms with E-state index in [1.54, 1.807) is 23.5 Å². The molecule has 0 aliphatic carbocycles. The lowest BCUT2D eigenvalue weighted by Crippen LogP contribution is -1.99. The summed E-state index contributed by atoms with van der Waals surface area (Å²) in [5, 5.41) is 13.9. The number of aromatic nitrogens is 1. The second-order valence-electron chi connectivity index (χ2n) is 4.48. The number of benzene rings is 2. The summed E-state index contributed by atoms with van der Waals surface area (Å²) in [5.74, 6) is 0. The van der Waals surface area contributed by atoms with Gasteiger partial charge in [-0.1, -0.05) is 35.6 Å². The molecule has 5 heteroatoms. The van der Waals surface area contributed by atoms with Gasteiger partial charge in [-0.25, -0.2) is 4.98 Å². The zero-order valence-corrected chi connectivity index (χ0v) is 12.2. The third kappa shape index (κ3) is 2.91. The number of rotatable bonds is 3. The fraction of sp³-hybridized carbons (Fsp3) is 0.0625. The Morgan fingerprint density at radius 3 is 2.67 bits per heavy atom. The summed E-state index contributed by atoms with van der Waals surface area (Å²) >= 11 is 1.57. The Balaban J connectivity index is 1.79. The molecule has 102 valence electrons. The van der Waals surface area contributed by atoms with Gasteiger partial charge in [0.2, 0.25) is 5.13 Å². The molecule has 3 aromatic rings. The van der Waals surface area contributed by atoms with E-state index in [1.165, 1.54) is 0 Å². The lowest BCUT2D eigenvalue weighted by atomic mass is 10.1. The fourth-order valence-electron chi connectivity index (χ4n) is 1.90. The van der Waals surface area contributed by atoms with Crippen molar-refractivity contribution in [1.29, 1.82) is 5.26 Å². The average Bonchev–Trinajstić information content (AvgIpc) is 2.95. The van der Waals surface area contributed by atoms with Crippen LogP contribution in [0.1, 0.15) is 18.1 Å². The van der Waals surface area contributed by atoms with Gasteiger partial charge in [-0.2, -0.15) is 10.4 Å². The maximum absolute atomic E-state index is 8.79. The molecule has 0 saturated carbocycles. The van der Waals surface area contributed by atoms with E-state index < -0.39 is 0 Å². The Hall–Kier alpha value is -2.71. The van der Waals surface area contributed by atoms with Crippen LogP contribution in [-0.4, -0.2) is 10.7 Å². The Morgan fingerprint density at radius 1 is 1.19 bits per heavy atom. The molecule has 4 nitrogen and oxygen atoms in total. The smallest absolute Gasteiger partial charge is 0.204 e.